The van der Waals surface area contributed by atoms with E-state index in [9.17, 15) is 42.0 Å². The van der Waals surface area contributed by atoms with Gasteiger partial charge in [0, 0.05) is 67.7 Å². The van der Waals surface area contributed by atoms with Gasteiger partial charge in [0.1, 0.15) is 36.8 Å². The maximum atomic E-state index is 13.4. The molecule has 4 heterocycles. The fourth-order valence-corrected chi connectivity index (χ4v) is 8.56. The smallest absolute Gasteiger partial charge is 0.264 e. The van der Waals surface area contributed by atoms with Gasteiger partial charge in [-0.1, -0.05) is 42.5 Å². The van der Waals surface area contributed by atoms with Crippen LogP contribution in [0.15, 0.2) is 96.6 Å². The summed E-state index contributed by atoms with van der Waals surface area (Å²) in [7, 11) is -3.62. The third-order valence-electron chi connectivity index (χ3n) is 10.6. The van der Waals surface area contributed by atoms with E-state index < -0.39 is 57.6 Å². The number of aromatic nitrogens is 2. The standard InChI is InChI=1S/C46H48N8O12S2/c1-68(62,63)53-21-17-30(27-53)41(57)49-35(42(58)52-46-50-36(28-67-46)29-8-3-2-4-9-29)18-23-64-22-7-14-38(55)48-20-25-66-32-11-5-10-31(26-32)65-24-19-47-34-13-6-12-33-40(34)45(61)54(44(33)60)37-15-16-39(56)51-43(37)59/h2-6,8-13,17,21,26-28,35,37,47H,7,14-16,18-20,22-25H2,1H3,(H,48,55)(H,49,57)(H,50,52,58)(H,51,56,59)/t35-,37?/m0/s1. The molecule has 68 heavy (non-hydrogen) atoms. The number of hydrogen-bond acceptors (Lipinski definition) is 15. The van der Waals surface area contributed by atoms with Crippen LogP contribution in [-0.4, -0.2) is 121 Å². The molecule has 0 aliphatic carbocycles. The number of anilines is 2. The lowest BCUT2D eigenvalue weighted by molar-refractivity contribution is -0.136. The van der Waals surface area contributed by atoms with E-state index in [1.54, 1.807) is 41.8 Å². The van der Waals surface area contributed by atoms with Gasteiger partial charge in [-0.05, 0) is 49.6 Å². The Morgan fingerprint density at radius 1 is 0.897 bits per heavy atom. The molecule has 2 aliphatic rings. The van der Waals surface area contributed by atoms with Crippen molar-refractivity contribution in [3.05, 3.63) is 113 Å². The summed E-state index contributed by atoms with van der Waals surface area (Å²) in [5, 5.41) is 15.7. The molecule has 1 fully saturated rings. The molecular formula is C46H48N8O12S2. The predicted octanol–water partition coefficient (Wildman–Crippen LogP) is 3.43. The highest BCUT2D eigenvalue weighted by atomic mass is 32.2. The van der Waals surface area contributed by atoms with Crippen molar-refractivity contribution in [1.29, 1.82) is 0 Å². The monoisotopic (exact) mass is 968 g/mol. The SMILES string of the molecule is CS(=O)(=O)n1ccc(C(=O)N[C@@H](CCOCCCC(=O)NCCOc2cccc(OCCNc3cccc4c3C(=O)N(C3CCC(=O)NC3=O)C4=O)c2)C(=O)Nc2nc(-c3ccccc3)cs2)c1. The molecule has 0 saturated carbocycles. The number of imide groups is 2. The van der Waals surface area contributed by atoms with Gasteiger partial charge >= 0.3 is 0 Å². The molecule has 1 unspecified atom stereocenters. The zero-order valence-electron chi connectivity index (χ0n) is 36.7. The first-order valence-corrected chi connectivity index (χ1v) is 24.3. The third kappa shape index (κ3) is 12.5. The van der Waals surface area contributed by atoms with Crippen LogP contribution in [-0.2, 0) is 33.9 Å². The summed E-state index contributed by atoms with van der Waals surface area (Å²) in [5.41, 5.74) is 2.33. The highest BCUT2D eigenvalue weighted by Crippen LogP contribution is 2.32. The van der Waals surface area contributed by atoms with E-state index in [4.69, 9.17) is 14.2 Å². The van der Waals surface area contributed by atoms with Crippen molar-refractivity contribution >= 4 is 73.5 Å². The minimum atomic E-state index is -3.62. The second kappa shape index (κ2) is 22.4. The fraction of sp³-hybridized carbons (Fsp3) is 0.304. The Bertz CT molecular complexity index is 2800. The number of carbonyl (C=O) groups excluding carboxylic acids is 7. The fourth-order valence-electron chi connectivity index (χ4n) is 7.25. The molecule has 2 aliphatic heterocycles. The van der Waals surface area contributed by atoms with Gasteiger partial charge in [0.2, 0.25) is 33.7 Å². The van der Waals surface area contributed by atoms with E-state index in [0.717, 1.165) is 26.9 Å². The predicted molar refractivity (Wildman–Crippen MR) is 249 cm³/mol. The molecule has 0 radical (unpaired) electrons. The topological polar surface area (TPSA) is 263 Å². The highest BCUT2D eigenvalue weighted by molar-refractivity contribution is 7.89. The van der Waals surface area contributed by atoms with Crippen molar-refractivity contribution in [2.45, 2.75) is 44.2 Å². The van der Waals surface area contributed by atoms with Crippen molar-refractivity contribution in [2.75, 3.05) is 56.4 Å². The number of rotatable bonds is 23. The Morgan fingerprint density at radius 3 is 2.38 bits per heavy atom. The van der Waals surface area contributed by atoms with Gasteiger partial charge in [-0.15, -0.1) is 11.3 Å². The molecule has 0 bridgehead atoms. The first-order chi connectivity index (χ1) is 32.7. The maximum absolute atomic E-state index is 13.4. The number of ether oxygens (including phenoxy) is 3. The number of piperidine rings is 1. The van der Waals surface area contributed by atoms with Crippen LogP contribution in [0.25, 0.3) is 11.3 Å². The van der Waals surface area contributed by atoms with Gasteiger partial charge in [0.05, 0.1) is 35.2 Å². The molecular weight excluding hydrogens is 921 g/mol. The first-order valence-electron chi connectivity index (χ1n) is 21.5. The maximum Gasteiger partial charge on any atom is 0.264 e. The summed E-state index contributed by atoms with van der Waals surface area (Å²) in [6.45, 7) is 1.13. The molecule has 0 spiro atoms. The van der Waals surface area contributed by atoms with Gasteiger partial charge in [0.15, 0.2) is 5.13 Å². The van der Waals surface area contributed by atoms with Gasteiger partial charge in [-0.2, -0.15) is 0 Å². The third-order valence-corrected chi connectivity index (χ3v) is 12.4. The second-order valence-electron chi connectivity index (χ2n) is 15.5. The van der Waals surface area contributed by atoms with Crippen molar-refractivity contribution < 1.29 is 56.2 Å². The Hall–Kier alpha value is -7.43. The highest BCUT2D eigenvalue weighted by Gasteiger charge is 2.45. The molecule has 22 heteroatoms. The summed E-state index contributed by atoms with van der Waals surface area (Å²) >= 11 is 1.23. The van der Waals surface area contributed by atoms with E-state index >= 15 is 0 Å². The molecule has 2 atom stereocenters. The molecule has 7 rings (SSSR count). The number of hydrogen-bond donors (Lipinski definition) is 5. The van der Waals surface area contributed by atoms with Crippen LogP contribution in [0.4, 0.5) is 10.8 Å². The number of benzene rings is 3. The Morgan fingerprint density at radius 2 is 1.65 bits per heavy atom. The van der Waals surface area contributed by atoms with E-state index in [-0.39, 0.29) is 87.8 Å². The van der Waals surface area contributed by atoms with Gasteiger partial charge < -0.3 is 35.5 Å². The minimum Gasteiger partial charge on any atom is -0.492 e. The van der Waals surface area contributed by atoms with E-state index in [1.165, 1.54) is 29.7 Å². The lowest BCUT2D eigenvalue weighted by Gasteiger charge is -2.27. The van der Waals surface area contributed by atoms with Crippen molar-refractivity contribution in [1.82, 2.24) is 29.8 Å². The Labute approximate surface area is 394 Å². The van der Waals surface area contributed by atoms with Crippen LogP contribution >= 0.6 is 11.3 Å². The average molecular weight is 969 g/mol. The molecule has 5 N–H and O–H groups in total. The van der Waals surface area contributed by atoms with Crippen LogP contribution < -0.4 is 36.1 Å². The van der Waals surface area contributed by atoms with Crippen LogP contribution in [0.2, 0.25) is 0 Å². The van der Waals surface area contributed by atoms with Crippen LogP contribution in [0, 0.1) is 0 Å². The molecule has 5 aromatic rings. The van der Waals surface area contributed by atoms with E-state index in [1.807, 2.05) is 30.3 Å². The normalized spacial score (nSPS) is 15.0. The zero-order valence-corrected chi connectivity index (χ0v) is 38.4. The average Bonchev–Trinajstić information content (AvgIpc) is 4.07. The van der Waals surface area contributed by atoms with Gasteiger partial charge in [-0.25, -0.2) is 13.4 Å². The second-order valence-corrected chi connectivity index (χ2v) is 18.3. The summed E-state index contributed by atoms with van der Waals surface area (Å²) < 4.78 is 42.2. The van der Waals surface area contributed by atoms with Crippen molar-refractivity contribution in [3.63, 3.8) is 0 Å². The largest absolute Gasteiger partial charge is 0.492 e. The summed E-state index contributed by atoms with van der Waals surface area (Å²) in [4.78, 5) is 94.9. The lowest BCUT2D eigenvalue weighted by Crippen LogP contribution is -2.54. The van der Waals surface area contributed by atoms with Crippen molar-refractivity contribution in [3.8, 4) is 22.8 Å². The molecule has 356 valence electrons. The Kier molecular flexibility index (Phi) is 16.0. The number of amides is 7. The van der Waals surface area contributed by atoms with Gasteiger partial charge in [-0.3, -0.25) is 47.8 Å². The minimum absolute atomic E-state index is 0.0267. The number of thiazole rings is 1. The molecule has 7 amide bonds. The number of nitrogens with one attached hydrogen (secondary N) is 5. The van der Waals surface area contributed by atoms with Crippen LogP contribution in [0.3, 0.4) is 0 Å². The Balaban J connectivity index is 0.795. The van der Waals surface area contributed by atoms with Crippen molar-refractivity contribution in [2.24, 2.45) is 0 Å². The van der Waals surface area contributed by atoms with Crippen LogP contribution in [0.1, 0.15) is 63.2 Å². The zero-order chi connectivity index (χ0) is 48.2. The number of fused-ring (bicyclic) bond motifs is 1. The van der Waals surface area contributed by atoms with Gasteiger partial charge in [0.25, 0.3) is 17.7 Å². The summed E-state index contributed by atoms with van der Waals surface area (Å²) in [5.74, 6) is -2.72. The molecule has 2 aromatic heterocycles. The molecule has 1 saturated heterocycles. The van der Waals surface area contributed by atoms with Crippen LogP contribution in [0.5, 0.6) is 11.5 Å². The quantitative estimate of drug-likeness (QED) is 0.0464. The first kappa shape index (κ1) is 48.5. The molecule has 3 aromatic carbocycles. The summed E-state index contributed by atoms with van der Waals surface area (Å²) in [6, 6.07) is 20.4. The lowest BCUT2D eigenvalue weighted by atomic mass is 10.0. The van der Waals surface area contributed by atoms with E-state index in [2.05, 4.69) is 31.6 Å². The number of nitrogens with zero attached hydrogens (tertiary/aromatic N) is 3. The number of carbonyl (C=O) groups is 7. The summed E-state index contributed by atoms with van der Waals surface area (Å²) in [6.07, 6.45) is 4.11. The van der Waals surface area contributed by atoms with E-state index in [0.29, 0.717) is 34.4 Å². The molecule has 20 nitrogen and oxygen atoms in total.